The summed E-state index contributed by atoms with van der Waals surface area (Å²) >= 11 is 0. The molecule has 7 heteroatoms. The van der Waals surface area contributed by atoms with Crippen molar-refractivity contribution >= 4 is 30.3 Å². The van der Waals surface area contributed by atoms with Crippen LogP contribution in [0.5, 0.6) is 5.75 Å². The Labute approximate surface area is 178 Å². The van der Waals surface area contributed by atoms with Gasteiger partial charge in [-0.2, -0.15) is 5.10 Å². The third-order valence-corrected chi connectivity index (χ3v) is 4.91. The zero-order valence-electron chi connectivity index (χ0n) is 18.4. The first-order valence-electron chi connectivity index (χ1n) is 10.00. The lowest BCUT2D eigenvalue weighted by molar-refractivity contribution is -0.102. The number of rotatable bonds is 11. The number of methoxy groups -OCH3 is 1. The van der Waals surface area contributed by atoms with Crippen molar-refractivity contribution in [2.45, 2.75) is 39.7 Å². The van der Waals surface area contributed by atoms with Crippen LogP contribution in [0.25, 0.3) is 0 Å². The lowest BCUT2D eigenvalue weighted by atomic mass is 10.1. The lowest BCUT2D eigenvalue weighted by Crippen LogP contribution is -2.11. The monoisotopic (exact) mass is 410 g/mol. The van der Waals surface area contributed by atoms with Gasteiger partial charge in [-0.3, -0.25) is 14.6 Å². The van der Waals surface area contributed by atoms with Gasteiger partial charge in [-0.1, -0.05) is 25.5 Å². The second kappa shape index (κ2) is 11.1. The van der Waals surface area contributed by atoms with Crippen LogP contribution < -0.4 is 4.74 Å². The van der Waals surface area contributed by atoms with Gasteiger partial charge in [0.2, 0.25) is 0 Å². The van der Waals surface area contributed by atoms with E-state index in [1.807, 2.05) is 38.2 Å². The molecule has 0 radical (unpaired) electrons. The number of hydrogen-bond donors (Lipinski definition) is 0. The van der Waals surface area contributed by atoms with Crippen LogP contribution in [0.2, 0.25) is 0 Å². The Balaban J connectivity index is 2.29. The molecule has 7 nitrogen and oxygen atoms in total. The van der Waals surface area contributed by atoms with Crippen LogP contribution in [-0.2, 0) is 18.4 Å². The van der Waals surface area contributed by atoms with Gasteiger partial charge in [0.15, 0.2) is 12.6 Å². The SMILES string of the molecule is CCCC/C(C=O)=N\c1c(C)c(/C=N\N(C)Cc2cccc(OC)c2)c(C=O)n1C. The van der Waals surface area contributed by atoms with E-state index in [9.17, 15) is 9.59 Å². The van der Waals surface area contributed by atoms with Crippen molar-refractivity contribution in [2.75, 3.05) is 14.2 Å². The number of unbranched alkanes of at least 4 members (excludes halogenated alkanes) is 1. The van der Waals surface area contributed by atoms with E-state index < -0.39 is 0 Å². The molecule has 160 valence electrons. The van der Waals surface area contributed by atoms with Crippen molar-refractivity contribution in [2.24, 2.45) is 17.1 Å². The average molecular weight is 411 g/mol. The fourth-order valence-corrected chi connectivity index (χ4v) is 3.19. The molecule has 0 bridgehead atoms. The smallest absolute Gasteiger partial charge is 0.167 e. The molecular formula is C23H30N4O3. The first-order chi connectivity index (χ1) is 14.4. The average Bonchev–Trinajstić information content (AvgIpc) is 2.98. The van der Waals surface area contributed by atoms with Crippen LogP contribution in [-0.4, -0.2) is 48.2 Å². The molecule has 0 aliphatic rings. The Bertz CT molecular complexity index is 944. The van der Waals surface area contributed by atoms with Gasteiger partial charge in [0.05, 0.1) is 31.3 Å². The second-order valence-corrected chi connectivity index (χ2v) is 7.16. The van der Waals surface area contributed by atoms with E-state index in [0.717, 1.165) is 42.3 Å². The number of carbonyl (C=O) groups is 2. The van der Waals surface area contributed by atoms with Crippen LogP contribution in [0.4, 0.5) is 5.82 Å². The zero-order chi connectivity index (χ0) is 22.1. The van der Waals surface area contributed by atoms with Crippen molar-refractivity contribution < 1.29 is 14.3 Å². The Hall–Kier alpha value is -3.22. The topological polar surface area (TPSA) is 76.3 Å². The number of benzene rings is 1. The molecule has 0 atom stereocenters. The first kappa shape index (κ1) is 23.1. The summed E-state index contributed by atoms with van der Waals surface area (Å²) in [5, 5.41) is 6.28. The number of nitrogens with zero attached hydrogens (tertiary/aromatic N) is 4. The van der Waals surface area contributed by atoms with E-state index in [4.69, 9.17) is 4.74 Å². The third kappa shape index (κ3) is 5.65. The van der Waals surface area contributed by atoms with Gasteiger partial charge in [-0.15, -0.1) is 0 Å². The highest BCUT2D eigenvalue weighted by atomic mass is 16.5. The highest BCUT2D eigenvalue weighted by molar-refractivity contribution is 6.28. The molecule has 0 N–H and O–H groups in total. The second-order valence-electron chi connectivity index (χ2n) is 7.16. The minimum atomic E-state index is 0.477. The van der Waals surface area contributed by atoms with Gasteiger partial charge in [-0.25, -0.2) is 4.99 Å². The van der Waals surface area contributed by atoms with Crippen LogP contribution in [0.15, 0.2) is 34.4 Å². The number of aldehydes is 2. The molecule has 0 fully saturated rings. The molecule has 0 spiro atoms. The van der Waals surface area contributed by atoms with Crippen molar-refractivity contribution in [3.8, 4) is 5.75 Å². The fourth-order valence-electron chi connectivity index (χ4n) is 3.19. The molecule has 2 rings (SSSR count). The standard InChI is InChI=1S/C23H30N4O3/c1-6-7-10-19(15-28)25-23-17(2)21(22(16-29)27(23)4)13-24-26(3)14-18-9-8-11-20(12-18)30-5/h8-9,11-13,15-16H,6-7,10,14H2,1-5H3/b24-13-,25-19+. The summed E-state index contributed by atoms with van der Waals surface area (Å²) in [6.45, 7) is 4.54. The molecule has 0 saturated carbocycles. The summed E-state index contributed by atoms with van der Waals surface area (Å²) in [4.78, 5) is 27.6. The molecule has 1 aromatic carbocycles. The Morgan fingerprint density at radius 2 is 2.07 bits per heavy atom. The lowest BCUT2D eigenvalue weighted by Gasteiger charge is -2.13. The van der Waals surface area contributed by atoms with Crippen LogP contribution in [0, 0.1) is 6.92 Å². The van der Waals surface area contributed by atoms with E-state index >= 15 is 0 Å². The van der Waals surface area contributed by atoms with Crippen molar-refractivity contribution in [1.82, 2.24) is 9.58 Å². The molecule has 2 aromatic rings. The summed E-state index contributed by atoms with van der Waals surface area (Å²) in [6, 6.07) is 7.79. The van der Waals surface area contributed by atoms with E-state index in [1.54, 1.807) is 29.9 Å². The molecule has 0 unspecified atom stereocenters. The van der Waals surface area contributed by atoms with Gasteiger partial charge < -0.3 is 9.30 Å². The predicted molar refractivity (Wildman–Crippen MR) is 120 cm³/mol. The summed E-state index contributed by atoms with van der Waals surface area (Å²) in [6.07, 6.45) is 5.75. The number of aromatic nitrogens is 1. The highest BCUT2D eigenvalue weighted by Crippen LogP contribution is 2.27. The minimum absolute atomic E-state index is 0.477. The quantitative estimate of drug-likeness (QED) is 0.318. The molecule has 30 heavy (non-hydrogen) atoms. The zero-order valence-corrected chi connectivity index (χ0v) is 18.4. The number of hydrazone groups is 1. The maximum absolute atomic E-state index is 11.7. The number of hydrogen-bond acceptors (Lipinski definition) is 6. The van der Waals surface area contributed by atoms with E-state index in [1.165, 1.54) is 0 Å². The first-order valence-corrected chi connectivity index (χ1v) is 10.00. The van der Waals surface area contributed by atoms with Gasteiger partial charge in [0.25, 0.3) is 0 Å². The van der Waals surface area contributed by atoms with Crippen LogP contribution in [0.1, 0.15) is 53.4 Å². The highest BCUT2D eigenvalue weighted by Gasteiger charge is 2.17. The molecule has 0 aliphatic heterocycles. The van der Waals surface area contributed by atoms with Gasteiger partial charge in [-0.05, 0) is 37.5 Å². The maximum Gasteiger partial charge on any atom is 0.167 e. The largest absolute Gasteiger partial charge is 0.497 e. The Kier molecular flexibility index (Phi) is 8.53. The minimum Gasteiger partial charge on any atom is -0.497 e. The third-order valence-electron chi connectivity index (χ3n) is 4.91. The number of carbonyl (C=O) groups excluding carboxylic acids is 2. The maximum atomic E-state index is 11.7. The predicted octanol–water partition coefficient (Wildman–Crippen LogP) is 4.08. The molecule has 0 saturated heterocycles. The van der Waals surface area contributed by atoms with Crippen molar-refractivity contribution in [3.63, 3.8) is 0 Å². The summed E-state index contributed by atoms with van der Waals surface area (Å²) in [5.41, 5.74) is 3.53. The molecule has 1 aromatic heterocycles. The molecule has 1 heterocycles. The summed E-state index contributed by atoms with van der Waals surface area (Å²) in [5.74, 6) is 1.40. The van der Waals surface area contributed by atoms with Crippen molar-refractivity contribution in [3.05, 3.63) is 46.6 Å². The molecular weight excluding hydrogens is 380 g/mol. The van der Waals surface area contributed by atoms with Crippen LogP contribution >= 0.6 is 0 Å². The van der Waals surface area contributed by atoms with E-state index in [-0.39, 0.29) is 0 Å². The molecule has 0 amide bonds. The Morgan fingerprint density at radius 1 is 1.30 bits per heavy atom. The molecule has 0 aliphatic carbocycles. The van der Waals surface area contributed by atoms with Crippen molar-refractivity contribution in [1.29, 1.82) is 0 Å². The van der Waals surface area contributed by atoms with Gasteiger partial charge in [0, 0.05) is 25.2 Å². The Morgan fingerprint density at radius 3 is 2.70 bits per heavy atom. The fraction of sp³-hybridized carbons (Fsp3) is 0.391. The van der Waals surface area contributed by atoms with Crippen LogP contribution in [0.3, 0.4) is 0 Å². The summed E-state index contributed by atoms with van der Waals surface area (Å²) < 4.78 is 6.97. The number of aliphatic imine (C=N–C) groups is 1. The number of ether oxygens (including phenoxy) is 1. The van der Waals surface area contributed by atoms with E-state index in [2.05, 4.69) is 17.0 Å². The van der Waals surface area contributed by atoms with E-state index in [0.29, 0.717) is 35.8 Å². The van der Waals surface area contributed by atoms with Gasteiger partial charge in [0.1, 0.15) is 11.6 Å². The van der Waals surface area contributed by atoms with Gasteiger partial charge >= 0.3 is 0 Å². The normalized spacial score (nSPS) is 11.7. The summed E-state index contributed by atoms with van der Waals surface area (Å²) in [7, 11) is 5.27.